The van der Waals surface area contributed by atoms with Crippen LogP contribution in [0.2, 0.25) is 0 Å². The normalized spacial score (nSPS) is 17.2. The number of hydrogen-bond acceptors (Lipinski definition) is 3. The molecule has 0 saturated heterocycles. The summed E-state index contributed by atoms with van der Waals surface area (Å²) in [6.45, 7) is 2.20. The summed E-state index contributed by atoms with van der Waals surface area (Å²) >= 11 is 0. The lowest BCUT2D eigenvalue weighted by Crippen LogP contribution is -2.50. The summed E-state index contributed by atoms with van der Waals surface area (Å²) in [5.41, 5.74) is 3.61. The van der Waals surface area contributed by atoms with E-state index in [1.165, 1.54) is 11.1 Å². The monoisotopic (exact) mass is 353 g/mol. The number of aliphatic hydroxyl groups excluding tert-OH is 1. The molecule has 0 spiro atoms. The molecule has 1 unspecified atom stereocenters. The highest BCUT2D eigenvalue weighted by Crippen LogP contribution is 2.27. The van der Waals surface area contributed by atoms with Crippen LogP contribution >= 0.6 is 0 Å². The van der Waals surface area contributed by atoms with Crippen molar-refractivity contribution in [3.8, 4) is 0 Å². The van der Waals surface area contributed by atoms with Gasteiger partial charge in [-0.1, -0.05) is 61.5 Å². The molecule has 0 aromatic heterocycles. The van der Waals surface area contributed by atoms with Gasteiger partial charge in [-0.2, -0.15) is 0 Å². The highest BCUT2D eigenvalue weighted by atomic mass is 16.6. The maximum atomic E-state index is 12.9. The quantitative estimate of drug-likeness (QED) is 0.855. The Morgan fingerprint density at radius 3 is 2.54 bits per heavy atom. The highest BCUT2D eigenvalue weighted by Gasteiger charge is 2.33. The fourth-order valence-corrected chi connectivity index (χ4v) is 3.72. The van der Waals surface area contributed by atoms with Gasteiger partial charge in [0, 0.05) is 6.04 Å². The Hall–Kier alpha value is -2.33. The van der Waals surface area contributed by atoms with Gasteiger partial charge in [-0.15, -0.1) is 0 Å². The van der Waals surface area contributed by atoms with E-state index in [-0.39, 0.29) is 31.4 Å². The second-order valence-electron chi connectivity index (χ2n) is 6.86. The number of amides is 1. The van der Waals surface area contributed by atoms with Gasteiger partial charge in [0.25, 0.3) is 0 Å². The van der Waals surface area contributed by atoms with Crippen LogP contribution in [-0.2, 0) is 24.2 Å². The standard InChI is InChI=1S/C22H27NO3/c1-2-20(15-24)23(22(25)26-16-17-8-4-3-5-9-17)21-13-12-18-10-6-7-11-19(18)14-21/h3-11,20-21,24H,2,12-16H2,1H3/t20-,21?/m0/s1. The van der Waals surface area contributed by atoms with Crippen LogP contribution in [0.4, 0.5) is 4.79 Å². The minimum absolute atomic E-state index is 0.0465. The van der Waals surface area contributed by atoms with Crippen molar-refractivity contribution in [2.24, 2.45) is 0 Å². The fraction of sp³-hybridized carbons (Fsp3) is 0.409. The third-order valence-corrected chi connectivity index (χ3v) is 5.21. The van der Waals surface area contributed by atoms with Crippen LogP contribution in [0, 0.1) is 0 Å². The third-order valence-electron chi connectivity index (χ3n) is 5.21. The van der Waals surface area contributed by atoms with Gasteiger partial charge in [-0.25, -0.2) is 4.79 Å². The number of carbonyl (C=O) groups excluding carboxylic acids is 1. The van der Waals surface area contributed by atoms with Crippen LogP contribution in [0.1, 0.15) is 36.5 Å². The van der Waals surface area contributed by atoms with E-state index < -0.39 is 0 Å². The summed E-state index contributed by atoms with van der Waals surface area (Å²) in [5, 5.41) is 9.81. The first-order valence-corrected chi connectivity index (χ1v) is 9.39. The molecule has 2 atom stereocenters. The van der Waals surface area contributed by atoms with E-state index in [0.717, 1.165) is 24.8 Å². The summed E-state index contributed by atoms with van der Waals surface area (Å²) < 4.78 is 5.59. The zero-order valence-corrected chi connectivity index (χ0v) is 15.3. The van der Waals surface area contributed by atoms with Crippen LogP contribution in [-0.4, -0.2) is 34.8 Å². The summed E-state index contributed by atoms with van der Waals surface area (Å²) in [7, 11) is 0. The van der Waals surface area contributed by atoms with E-state index in [1.807, 2.05) is 43.3 Å². The summed E-state index contributed by atoms with van der Waals surface area (Å²) in [6.07, 6.45) is 3.03. The lowest BCUT2D eigenvalue weighted by molar-refractivity contribution is 0.0389. The van der Waals surface area contributed by atoms with Crippen molar-refractivity contribution < 1.29 is 14.6 Å². The van der Waals surface area contributed by atoms with Gasteiger partial charge in [0.15, 0.2) is 0 Å². The zero-order valence-electron chi connectivity index (χ0n) is 15.3. The molecule has 0 radical (unpaired) electrons. The molecule has 2 aromatic carbocycles. The number of fused-ring (bicyclic) bond motifs is 1. The maximum Gasteiger partial charge on any atom is 0.410 e. The van der Waals surface area contributed by atoms with E-state index in [1.54, 1.807) is 4.90 Å². The largest absolute Gasteiger partial charge is 0.445 e. The van der Waals surface area contributed by atoms with Gasteiger partial charge < -0.3 is 9.84 Å². The summed E-state index contributed by atoms with van der Waals surface area (Å²) in [6, 6.07) is 17.9. The van der Waals surface area contributed by atoms with Crippen molar-refractivity contribution in [2.45, 2.75) is 51.3 Å². The predicted octanol–water partition coefficient (Wildman–Crippen LogP) is 3.95. The van der Waals surface area contributed by atoms with Crippen LogP contribution in [0.15, 0.2) is 54.6 Å². The Balaban J connectivity index is 1.74. The van der Waals surface area contributed by atoms with E-state index in [0.29, 0.717) is 6.42 Å². The molecule has 0 aliphatic heterocycles. The molecule has 0 saturated carbocycles. The second kappa shape index (κ2) is 8.86. The van der Waals surface area contributed by atoms with Crippen LogP contribution < -0.4 is 0 Å². The van der Waals surface area contributed by atoms with Gasteiger partial charge in [0.05, 0.1) is 12.6 Å². The molecule has 0 fully saturated rings. The predicted molar refractivity (Wildman–Crippen MR) is 102 cm³/mol. The van der Waals surface area contributed by atoms with Crippen LogP contribution in [0.5, 0.6) is 0 Å². The van der Waals surface area contributed by atoms with Crippen molar-refractivity contribution >= 4 is 6.09 Å². The number of rotatable bonds is 6. The van der Waals surface area contributed by atoms with Gasteiger partial charge in [0.2, 0.25) is 0 Å². The van der Waals surface area contributed by atoms with Crippen LogP contribution in [0.25, 0.3) is 0 Å². The molecule has 1 N–H and O–H groups in total. The Bertz CT molecular complexity index is 712. The number of aryl methyl sites for hydroxylation is 1. The highest BCUT2D eigenvalue weighted by molar-refractivity contribution is 5.68. The minimum atomic E-state index is -0.334. The van der Waals surface area contributed by atoms with Gasteiger partial charge in [0.1, 0.15) is 6.61 Å². The average molecular weight is 353 g/mol. The van der Waals surface area contributed by atoms with E-state index >= 15 is 0 Å². The molecule has 1 aliphatic rings. The molecule has 138 valence electrons. The molecular weight excluding hydrogens is 326 g/mol. The topological polar surface area (TPSA) is 49.8 Å². The number of nitrogens with zero attached hydrogens (tertiary/aromatic N) is 1. The number of aliphatic hydroxyl groups is 1. The molecule has 4 heteroatoms. The molecular formula is C22H27NO3. The summed E-state index contributed by atoms with van der Waals surface area (Å²) in [4.78, 5) is 14.7. The fourth-order valence-electron chi connectivity index (χ4n) is 3.72. The van der Waals surface area contributed by atoms with Gasteiger partial charge >= 0.3 is 6.09 Å². The SMILES string of the molecule is CC[C@@H](CO)N(C(=O)OCc1ccccc1)C1CCc2ccccc2C1. The Kier molecular flexibility index (Phi) is 6.29. The average Bonchev–Trinajstić information content (AvgIpc) is 2.70. The van der Waals surface area contributed by atoms with E-state index in [9.17, 15) is 9.90 Å². The first-order chi connectivity index (χ1) is 12.7. The first-order valence-electron chi connectivity index (χ1n) is 9.39. The van der Waals surface area contributed by atoms with Crippen molar-refractivity contribution in [3.63, 3.8) is 0 Å². The minimum Gasteiger partial charge on any atom is -0.445 e. The Labute approximate surface area is 155 Å². The molecule has 0 bridgehead atoms. The maximum absolute atomic E-state index is 12.9. The molecule has 0 heterocycles. The van der Waals surface area contributed by atoms with Crippen molar-refractivity contribution in [2.75, 3.05) is 6.61 Å². The molecule has 2 aromatic rings. The lowest BCUT2D eigenvalue weighted by atomic mass is 9.87. The van der Waals surface area contributed by atoms with Crippen molar-refractivity contribution in [1.29, 1.82) is 0 Å². The van der Waals surface area contributed by atoms with Crippen molar-refractivity contribution in [1.82, 2.24) is 4.90 Å². The molecule has 26 heavy (non-hydrogen) atoms. The Morgan fingerprint density at radius 1 is 1.15 bits per heavy atom. The second-order valence-corrected chi connectivity index (χ2v) is 6.86. The van der Waals surface area contributed by atoms with Crippen LogP contribution in [0.3, 0.4) is 0 Å². The van der Waals surface area contributed by atoms with Gasteiger partial charge in [-0.3, -0.25) is 4.90 Å². The van der Waals surface area contributed by atoms with Gasteiger partial charge in [-0.05, 0) is 42.4 Å². The number of ether oxygens (including phenoxy) is 1. The molecule has 3 rings (SSSR count). The van der Waals surface area contributed by atoms with Crippen molar-refractivity contribution in [3.05, 3.63) is 71.3 Å². The number of hydrogen-bond donors (Lipinski definition) is 1. The van der Waals surface area contributed by atoms with E-state index in [4.69, 9.17) is 4.74 Å². The first kappa shape index (κ1) is 18.5. The van der Waals surface area contributed by atoms with E-state index in [2.05, 4.69) is 18.2 Å². The number of carbonyl (C=O) groups is 1. The molecule has 1 amide bonds. The number of benzene rings is 2. The summed E-state index contributed by atoms with van der Waals surface area (Å²) in [5.74, 6) is 0. The zero-order chi connectivity index (χ0) is 18.4. The lowest BCUT2D eigenvalue weighted by Gasteiger charge is -2.38. The molecule has 1 aliphatic carbocycles. The smallest absolute Gasteiger partial charge is 0.410 e. The molecule has 4 nitrogen and oxygen atoms in total. The Morgan fingerprint density at radius 2 is 1.85 bits per heavy atom. The third kappa shape index (κ3) is 4.25.